The first-order chi connectivity index (χ1) is 10.8. The molecule has 0 saturated heterocycles. The maximum absolute atomic E-state index is 12.2. The number of allylic oxidation sites excluding steroid dienone is 1. The van der Waals surface area contributed by atoms with Crippen LogP contribution in [0.1, 0.15) is 18.5 Å². The van der Waals surface area contributed by atoms with Crippen LogP contribution >= 0.6 is 46.4 Å². The predicted octanol–water partition coefficient (Wildman–Crippen LogP) is 2.62. The van der Waals surface area contributed by atoms with E-state index in [9.17, 15) is 9.90 Å². The average Bonchev–Trinajstić information content (AvgIpc) is 2.51. The predicted molar refractivity (Wildman–Crippen MR) is 98.7 cm³/mol. The van der Waals surface area contributed by atoms with E-state index in [2.05, 4.69) is 10.6 Å². The van der Waals surface area contributed by atoms with Crippen molar-refractivity contribution in [1.82, 2.24) is 10.6 Å². The Bertz CT molecular complexity index is 723. The second-order valence-corrected chi connectivity index (χ2v) is 6.57. The van der Waals surface area contributed by atoms with Crippen molar-refractivity contribution < 1.29 is 19.4 Å². The van der Waals surface area contributed by atoms with Gasteiger partial charge >= 0.3 is 5.97 Å². The molecule has 1 aromatic rings. The van der Waals surface area contributed by atoms with Gasteiger partial charge in [-0.1, -0.05) is 11.6 Å². The molecule has 0 bridgehead atoms. The van der Waals surface area contributed by atoms with E-state index >= 15 is 0 Å². The molecule has 0 spiro atoms. The summed E-state index contributed by atoms with van der Waals surface area (Å²) in [6.07, 6.45) is 0. The van der Waals surface area contributed by atoms with Crippen molar-refractivity contribution in [3.63, 3.8) is 0 Å². The minimum atomic E-state index is -0.619. The lowest BCUT2D eigenvalue weighted by Crippen LogP contribution is -2.45. The number of methoxy groups -OCH3 is 2. The van der Waals surface area contributed by atoms with E-state index in [4.69, 9.17) is 33.3 Å². The summed E-state index contributed by atoms with van der Waals surface area (Å²) in [5, 5.41) is 16.6. The molecule has 0 amide bonds. The molecule has 2 rings (SSSR count). The van der Waals surface area contributed by atoms with E-state index in [0.717, 1.165) is 0 Å². The maximum atomic E-state index is 12.2. The number of carbonyl (C=O) groups excluding carboxylic acids is 1. The summed E-state index contributed by atoms with van der Waals surface area (Å²) >= 11 is 13.4. The van der Waals surface area contributed by atoms with Crippen molar-refractivity contribution in [3.05, 3.63) is 31.5 Å². The second-order valence-electron chi connectivity index (χ2n) is 4.71. The van der Waals surface area contributed by atoms with Crippen LogP contribution in [-0.2, 0) is 9.53 Å². The zero-order valence-electron chi connectivity index (χ0n) is 12.5. The Hall–Kier alpha value is -1.26. The van der Waals surface area contributed by atoms with Crippen LogP contribution in [0.15, 0.2) is 17.3 Å². The summed E-state index contributed by atoms with van der Waals surface area (Å²) in [4.78, 5) is 12.2. The standard InChI is InChI=1S/C14H14ClIN2O4S/c1-5-8(13(20)22-3)11(18-14(23)17-5)6-4-7(21-2)12(19)10(16)9(6)15/h4,11,19H,1-3H3,(H2,17,18,23)/t11-/m1/s1. The summed E-state index contributed by atoms with van der Waals surface area (Å²) in [7, 11) is 2.74. The number of rotatable bonds is 3. The smallest absolute Gasteiger partial charge is 0.337 e. The van der Waals surface area contributed by atoms with Crippen LogP contribution in [0.25, 0.3) is 0 Å². The number of thiocarbonyl (C=S) groups is 1. The summed E-state index contributed by atoms with van der Waals surface area (Å²) in [6, 6.07) is 0.952. The Morgan fingerprint density at radius 2 is 2.13 bits per heavy atom. The Balaban J connectivity index is 2.67. The highest BCUT2D eigenvalue weighted by molar-refractivity contribution is 14.1. The molecule has 6 nitrogen and oxygen atoms in total. The lowest BCUT2D eigenvalue weighted by Gasteiger charge is -2.30. The fourth-order valence-electron chi connectivity index (χ4n) is 2.29. The van der Waals surface area contributed by atoms with Crippen molar-refractivity contribution in [2.24, 2.45) is 0 Å². The van der Waals surface area contributed by atoms with E-state index in [1.54, 1.807) is 13.0 Å². The van der Waals surface area contributed by atoms with Crippen LogP contribution in [0.2, 0.25) is 5.02 Å². The number of halogens is 2. The molecule has 0 aliphatic carbocycles. The third-order valence-corrected chi connectivity index (χ3v) is 5.38. The molecule has 1 aliphatic heterocycles. The van der Waals surface area contributed by atoms with Crippen molar-refractivity contribution >= 4 is 57.5 Å². The number of esters is 1. The van der Waals surface area contributed by atoms with Crippen molar-refractivity contribution in [1.29, 1.82) is 0 Å². The number of aromatic hydroxyl groups is 1. The third-order valence-electron chi connectivity index (χ3n) is 3.38. The molecule has 1 heterocycles. The zero-order chi connectivity index (χ0) is 17.3. The van der Waals surface area contributed by atoms with Gasteiger partial charge in [0, 0.05) is 11.3 Å². The number of carbonyl (C=O) groups is 1. The number of hydrogen-bond donors (Lipinski definition) is 3. The van der Waals surface area contributed by atoms with Crippen LogP contribution in [-0.4, -0.2) is 30.4 Å². The second kappa shape index (κ2) is 7.10. The highest BCUT2D eigenvalue weighted by Crippen LogP contribution is 2.43. The number of hydrogen-bond acceptors (Lipinski definition) is 5. The Morgan fingerprint density at radius 1 is 1.48 bits per heavy atom. The topological polar surface area (TPSA) is 79.8 Å². The van der Waals surface area contributed by atoms with Crippen LogP contribution < -0.4 is 15.4 Å². The first-order valence-electron chi connectivity index (χ1n) is 6.43. The first-order valence-corrected chi connectivity index (χ1v) is 8.29. The van der Waals surface area contributed by atoms with E-state index < -0.39 is 12.0 Å². The van der Waals surface area contributed by atoms with Crippen molar-refractivity contribution in [2.45, 2.75) is 13.0 Å². The molecule has 124 valence electrons. The molecule has 3 N–H and O–H groups in total. The summed E-state index contributed by atoms with van der Waals surface area (Å²) < 4.78 is 10.4. The van der Waals surface area contributed by atoms with Crippen LogP contribution in [0.3, 0.4) is 0 Å². The molecular weight excluding hydrogens is 455 g/mol. The highest BCUT2D eigenvalue weighted by Gasteiger charge is 2.33. The van der Waals surface area contributed by atoms with Gasteiger partial charge < -0.3 is 25.2 Å². The summed E-state index contributed by atoms with van der Waals surface area (Å²) in [6.45, 7) is 1.73. The van der Waals surface area contributed by atoms with Gasteiger partial charge in [-0.3, -0.25) is 0 Å². The number of benzene rings is 1. The van der Waals surface area contributed by atoms with Gasteiger partial charge in [-0.2, -0.15) is 0 Å². The zero-order valence-corrected chi connectivity index (χ0v) is 16.2. The molecule has 0 saturated carbocycles. The van der Waals surface area contributed by atoms with Gasteiger partial charge in [0.05, 0.1) is 34.4 Å². The fraction of sp³-hybridized carbons (Fsp3) is 0.286. The van der Waals surface area contributed by atoms with Crippen LogP contribution in [0.4, 0.5) is 0 Å². The van der Waals surface area contributed by atoms with Gasteiger partial charge in [0.1, 0.15) is 0 Å². The third kappa shape index (κ3) is 3.33. The van der Waals surface area contributed by atoms with Gasteiger partial charge in [0.2, 0.25) is 0 Å². The highest BCUT2D eigenvalue weighted by atomic mass is 127. The molecule has 1 aromatic carbocycles. The SMILES string of the molecule is COC(=O)C1=C(C)NC(=S)N[C@@H]1c1cc(OC)c(O)c(I)c1Cl. The number of nitrogens with one attached hydrogen (secondary N) is 2. The molecule has 23 heavy (non-hydrogen) atoms. The van der Waals surface area contributed by atoms with Crippen LogP contribution in [0.5, 0.6) is 11.5 Å². The molecule has 0 radical (unpaired) electrons. The van der Waals surface area contributed by atoms with Crippen LogP contribution in [0, 0.1) is 3.57 Å². The molecule has 0 fully saturated rings. The van der Waals surface area contributed by atoms with Gasteiger partial charge in [0.25, 0.3) is 0 Å². The van der Waals surface area contributed by atoms with Crippen molar-refractivity contribution in [3.8, 4) is 11.5 Å². The fourth-order valence-corrected chi connectivity index (χ4v) is 3.39. The van der Waals surface area contributed by atoms with E-state index in [-0.39, 0.29) is 11.5 Å². The van der Waals surface area contributed by atoms with Gasteiger partial charge in [0.15, 0.2) is 16.6 Å². The molecule has 0 unspecified atom stereocenters. The minimum Gasteiger partial charge on any atom is -0.503 e. The molecular formula is C14H14ClIN2O4S. The lowest BCUT2D eigenvalue weighted by molar-refractivity contribution is -0.136. The largest absolute Gasteiger partial charge is 0.503 e. The molecule has 0 aromatic heterocycles. The van der Waals surface area contributed by atoms with Gasteiger partial charge in [-0.15, -0.1) is 0 Å². The first kappa shape index (κ1) is 18.1. The Morgan fingerprint density at radius 3 is 2.70 bits per heavy atom. The average molecular weight is 469 g/mol. The minimum absolute atomic E-state index is 0.0568. The van der Waals surface area contributed by atoms with Gasteiger partial charge in [-0.25, -0.2) is 4.79 Å². The van der Waals surface area contributed by atoms with Crippen molar-refractivity contribution in [2.75, 3.05) is 14.2 Å². The maximum Gasteiger partial charge on any atom is 0.337 e. The molecule has 1 aliphatic rings. The Kier molecular flexibility index (Phi) is 5.58. The molecule has 1 atom stereocenters. The van der Waals surface area contributed by atoms with E-state index in [1.165, 1.54) is 14.2 Å². The molecule has 9 heteroatoms. The summed E-state index contributed by atoms with van der Waals surface area (Å²) in [5.41, 5.74) is 1.48. The normalized spacial score (nSPS) is 17.4. The van der Waals surface area contributed by atoms with E-state index in [1.807, 2.05) is 22.6 Å². The van der Waals surface area contributed by atoms with Gasteiger partial charge in [-0.05, 0) is 47.8 Å². The summed E-state index contributed by atoms with van der Waals surface area (Å²) in [5.74, 6) is -0.311. The lowest BCUT2D eigenvalue weighted by atomic mass is 9.95. The van der Waals surface area contributed by atoms with E-state index in [0.29, 0.717) is 30.5 Å². The number of ether oxygens (including phenoxy) is 2. The monoisotopic (exact) mass is 468 g/mol. The number of phenols is 1. The Labute approximate surface area is 157 Å². The number of phenolic OH excluding ortho intramolecular Hbond substituents is 1. The quantitative estimate of drug-likeness (QED) is 0.357.